The van der Waals surface area contributed by atoms with Gasteiger partial charge in [0, 0.05) is 23.5 Å². The Hall–Kier alpha value is -2.30. The highest BCUT2D eigenvalue weighted by Gasteiger charge is 2.01. The Kier molecular flexibility index (Phi) is 3.40. The van der Waals surface area contributed by atoms with Crippen molar-refractivity contribution in [2.75, 3.05) is 11.5 Å². The molecule has 4 nitrogen and oxygen atoms in total. The molecular formula is C12H12BN2O2. The molecule has 0 atom stereocenters. The minimum atomic E-state index is 0.619. The molecule has 5 heteroatoms. The molecule has 0 aliphatic rings. The van der Waals surface area contributed by atoms with Crippen LogP contribution in [0.2, 0.25) is 0 Å². The molecule has 0 aliphatic heterocycles. The molecule has 4 N–H and O–H groups in total. The van der Waals surface area contributed by atoms with Gasteiger partial charge >= 0.3 is 7.69 Å². The van der Waals surface area contributed by atoms with Crippen molar-refractivity contribution in [2.24, 2.45) is 0 Å². The number of nitrogen functional groups attached to an aromatic ring is 2. The average Bonchev–Trinajstić information content (AvgIpc) is 2.29. The van der Waals surface area contributed by atoms with Crippen LogP contribution < -0.4 is 20.8 Å². The first-order valence-corrected chi connectivity index (χ1v) is 5.10. The summed E-state index contributed by atoms with van der Waals surface area (Å²) in [5.74, 6) is 1.24. The zero-order valence-electron chi connectivity index (χ0n) is 9.17. The monoisotopic (exact) mass is 227 g/mol. The Labute approximate surface area is 100 Å². The molecule has 0 bridgehead atoms. The van der Waals surface area contributed by atoms with E-state index in [9.17, 15) is 0 Å². The molecule has 0 aromatic heterocycles. The highest BCUT2D eigenvalue weighted by atomic mass is 16.6. The lowest BCUT2D eigenvalue weighted by Crippen LogP contribution is -2.11. The van der Waals surface area contributed by atoms with Gasteiger partial charge in [0.05, 0.1) is 0 Å². The van der Waals surface area contributed by atoms with E-state index in [-0.39, 0.29) is 0 Å². The van der Waals surface area contributed by atoms with Crippen LogP contribution in [0.15, 0.2) is 48.5 Å². The molecule has 85 valence electrons. The molecule has 0 spiro atoms. The van der Waals surface area contributed by atoms with E-state index in [1.807, 2.05) is 0 Å². The summed E-state index contributed by atoms with van der Waals surface area (Å²) >= 11 is 0. The number of rotatable bonds is 4. The van der Waals surface area contributed by atoms with Gasteiger partial charge in [0.1, 0.15) is 11.5 Å². The van der Waals surface area contributed by atoms with Gasteiger partial charge in [0.2, 0.25) is 0 Å². The van der Waals surface area contributed by atoms with Gasteiger partial charge in [-0.15, -0.1) is 0 Å². The molecule has 17 heavy (non-hydrogen) atoms. The Bertz CT molecular complexity index is 460. The second-order valence-electron chi connectivity index (χ2n) is 3.48. The molecule has 2 aromatic rings. The van der Waals surface area contributed by atoms with Crippen molar-refractivity contribution in [3.05, 3.63) is 48.5 Å². The first kappa shape index (κ1) is 11.2. The van der Waals surface area contributed by atoms with Crippen LogP contribution in [0.5, 0.6) is 11.5 Å². The first-order chi connectivity index (χ1) is 8.24. The van der Waals surface area contributed by atoms with E-state index in [2.05, 4.69) is 0 Å². The van der Waals surface area contributed by atoms with E-state index in [1.165, 1.54) is 7.69 Å². The van der Waals surface area contributed by atoms with Gasteiger partial charge in [-0.05, 0) is 24.3 Å². The fourth-order valence-electron chi connectivity index (χ4n) is 1.31. The van der Waals surface area contributed by atoms with Crippen molar-refractivity contribution >= 4 is 19.1 Å². The molecule has 2 aromatic carbocycles. The van der Waals surface area contributed by atoms with Crippen LogP contribution in [0, 0.1) is 0 Å². The highest BCUT2D eigenvalue weighted by Crippen LogP contribution is 2.16. The molecule has 0 aliphatic carbocycles. The molecule has 0 fully saturated rings. The van der Waals surface area contributed by atoms with Crippen molar-refractivity contribution in [2.45, 2.75) is 0 Å². The second-order valence-corrected chi connectivity index (χ2v) is 3.48. The van der Waals surface area contributed by atoms with Crippen molar-refractivity contribution in [3.63, 3.8) is 0 Å². The third-order valence-electron chi connectivity index (χ3n) is 2.08. The largest absolute Gasteiger partial charge is 0.658 e. The van der Waals surface area contributed by atoms with Crippen molar-refractivity contribution in [1.82, 2.24) is 0 Å². The number of anilines is 2. The maximum Gasteiger partial charge on any atom is 0.658 e. The zero-order valence-corrected chi connectivity index (χ0v) is 9.17. The third-order valence-corrected chi connectivity index (χ3v) is 2.08. The van der Waals surface area contributed by atoms with Crippen LogP contribution >= 0.6 is 0 Å². The molecule has 0 saturated heterocycles. The van der Waals surface area contributed by atoms with Crippen molar-refractivity contribution in [1.29, 1.82) is 0 Å². The van der Waals surface area contributed by atoms with E-state index in [0.717, 1.165) is 0 Å². The maximum atomic E-state index is 5.61. The summed E-state index contributed by atoms with van der Waals surface area (Å²) in [5.41, 5.74) is 12.5. The molecule has 1 radical (unpaired) electrons. The summed E-state index contributed by atoms with van der Waals surface area (Å²) in [7, 11) is 1.24. The van der Waals surface area contributed by atoms with E-state index >= 15 is 0 Å². The summed E-state index contributed by atoms with van der Waals surface area (Å²) in [6.07, 6.45) is 0. The summed E-state index contributed by atoms with van der Waals surface area (Å²) in [6, 6.07) is 14.2. The van der Waals surface area contributed by atoms with E-state index in [0.29, 0.717) is 22.9 Å². The van der Waals surface area contributed by atoms with Gasteiger partial charge in [-0.25, -0.2) is 0 Å². The first-order valence-electron chi connectivity index (χ1n) is 5.10. The van der Waals surface area contributed by atoms with Gasteiger partial charge in [-0.3, -0.25) is 0 Å². The lowest BCUT2D eigenvalue weighted by Gasteiger charge is -2.07. The summed E-state index contributed by atoms with van der Waals surface area (Å²) in [4.78, 5) is 0. The minimum Gasteiger partial charge on any atom is -0.526 e. The topological polar surface area (TPSA) is 70.5 Å². The fraction of sp³-hybridized carbons (Fsp3) is 0. The second kappa shape index (κ2) is 5.16. The van der Waals surface area contributed by atoms with Crippen molar-refractivity contribution < 1.29 is 9.31 Å². The molecule has 0 amide bonds. The third kappa shape index (κ3) is 3.34. The highest BCUT2D eigenvalue weighted by molar-refractivity contribution is 6.20. The Morgan fingerprint density at radius 3 is 1.65 bits per heavy atom. The van der Waals surface area contributed by atoms with Gasteiger partial charge in [-0.2, -0.15) is 0 Å². The van der Waals surface area contributed by atoms with Crippen LogP contribution in [0.3, 0.4) is 0 Å². The average molecular weight is 227 g/mol. The van der Waals surface area contributed by atoms with Crippen LogP contribution in [0.25, 0.3) is 0 Å². The number of hydrogen-bond acceptors (Lipinski definition) is 4. The molecule has 2 rings (SSSR count). The predicted molar refractivity (Wildman–Crippen MR) is 68.7 cm³/mol. The summed E-state index contributed by atoms with van der Waals surface area (Å²) in [5, 5.41) is 0. The summed E-state index contributed by atoms with van der Waals surface area (Å²) < 4.78 is 10.5. The Balaban J connectivity index is 1.87. The standard InChI is InChI=1S/C12H12BN2O2/c14-9-3-1-5-11(7-9)16-13-17-12-6-2-4-10(15)8-12/h1-8H,14-15H2. The van der Waals surface area contributed by atoms with E-state index in [1.54, 1.807) is 48.5 Å². The molecule has 0 heterocycles. The molecular weight excluding hydrogens is 215 g/mol. The lowest BCUT2D eigenvalue weighted by atomic mass is 10.2. The lowest BCUT2D eigenvalue weighted by molar-refractivity contribution is 0.459. The number of nitrogens with two attached hydrogens (primary N) is 2. The van der Waals surface area contributed by atoms with Crippen LogP contribution in [-0.4, -0.2) is 7.69 Å². The SMILES string of the molecule is Nc1cccc(O[B]Oc2cccc(N)c2)c1. The fourth-order valence-corrected chi connectivity index (χ4v) is 1.31. The number of benzene rings is 2. The summed E-state index contributed by atoms with van der Waals surface area (Å²) in [6.45, 7) is 0. The minimum absolute atomic E-state index is 0.619. The van der Waals surface area contributed by atoms with E-state index < -0.39 is 0 Å². The number of hydrogen-bond donors (Lipinski definition) is 2. The van der Waals surface area contributed by atoms with Crippen molar-refractivity contribution in [3.8, 4) is 11.5 Å². The Morgan fingerprint density at radius 1 is 0.765 bits per heavy atom. The van der Waals surface area contributed by atoms with Crippen LogP contribution in [0.4, 0.5) is 11.4 Å². The smallest absolute Gasteiger partial charge is 0.526 e. The zero-order chi connectivity index (χ0) is 12.1. The molecule has 0 saturated carbocycles. The van der Waals surface area contributed by atoms with Crippen LogP contribution in [-0.2, 0) is 0 Å². The van der Waals surface area contributed by atoms with E-state index in [4.69, 9.17) is 20.8 Å². The van der Waals surface area contributed by atoms with Gasteiger partial charge in [-0.1, -0.05) is 12.1 Å². The normalized spacial score (nSPS) is 9.65. The predicted octanol–water partition coefficient (Wildman–Crippen LogP) is 1.84. The Morgan fingerprint density at radius 2 is 1.24 bits per heavy atom. The van der Waals surface area contributed by atoms with Gasteiger partial charge in [0.25, 0.3) is 0 Å². The van der Waals surface area contributed by atoms with Gasteiger partial charge < -0.3 is 20.8 Å². The quantitative estimate of drug-likeness (QED) is 0.617. The van der Waals surface area contributed by atoms with Crippen LogP contribution in [0.1, 0.15) is 0 Å². The maximum absolute atomic E-state index is 5.61. The van der Waals surface area contributed by atoms with Gasteiger partial charge in [0.15, 0.2) is 0 Å². The molecule has 0 unspecified atom stereocenters.